The van der Waals surface area contributed by atoms with Crippen molar-refractivity contribution in [2.75, 3.05) is 12.4 Å². The maximum atomic E-state index is 11.8. The van der Waals surface area contributed by atoms with Crippen molar-refractivity contribution in [3.8, 4) is 0 Å². The molecule has 0 spiro atoms. The van der Waals surface area contributed by atoms with Crippen LogP contribution in [0.1, 0.15) is 11.3 Å². The van der Waals surface area contributed by atoms with E-state index in [0.717, 1.165) is 11.3 Å². The van der Waals surface area contributed by atoms with E-state index in [1.807, 2.05) is 6.92 Å². The minimum absolute atomic E-state index is 0.213. The van der Waals surface area contributed by atoms with E-state index in [1.165, 1.54) is 7.05 Å². The van der Waals surface area contributed by atoms with Crippen LogP contribution in [0.3, 0.4) is 0 Å². The standard InChI is InChI=1S/C13H15ClN2O3S/c1-9-3-5-11(20(17,18)15-2)7-12(9)16-8-10-4-6-13(14)19-10/h3-7,15-16H,8H2,1-2H3. The molecular formula is C13H15ClN2O3S. The van der Waals surface area contributed by atoms with Gasteiger partial charge in [-0.25, -0.2) is 13.1 Å². The Labute approximate surface area is 123 Å². The third-order valence-corrected chi connectivity index (χ3v) is 4.49. The summed E-state index contributed by atoms with van der Waals surface area (Å²) < 4.78 is 31.1. The van der Waals surface area contributed by atoms with Crippen LogP contribution in [-0.4, -0.2) is 15.5 Å². The predicted molar refractivity (Wildman–Crippen MR) is 78.5 cm³/mol. The lowest BCUT2D eigenvalue weighted by Crippen LogP contribution is -2.18. The molecule has 108 valence electrons. The maximum absolute atomic E-state index is 11.8. The fourth-order valence-electron chi connectivity index (χ4n) is 1.71. The van der Waals surface area contributed by atoms with Gasteiger partial charge in [0.25, 0.3) is 0 Å². The van der Waals surface area contributed by atoms with E-state index < -0.39 is 10.0 Å². The second-order valence-electron chi connectivity index (χ2n) is 4.24. The Morgan fingerprint density at radius 3 is 2.60 bits per heavy atom. The van der Waals surface area contributed by atoms with E-state index in [-0.39, 0.29) is 4.90 Å². The molecule has 2 N–H and O–H groups in total. The van der Waals surface area contributed by atoms with Gasteiger partial charge in [-0.05, 0) is 55.4 Å². The highest BCUT2D eigenvalue weighted by atomic mass is 35.5. The summed E-state index contributed by atoms with van der Waals surface area (Å²) in [5.41, 5.74) is 1.67. The van der Waals surface area contributed by atoms with Gasteiger partial charge in [-0.3, -0.25) is 0 Å². The summed E-state index contributed by atoms with van der Waals surface area (Å²) in [6, 6.07) is 8.33. The van der Waals surface area contributed by atoms with Crippen LogP contribution in [-0.2, 0) is 16.6 Å². The topological polar surface area (TPSA) is 71.3 Å². The Kier molecular flexibility index (Phi) is 4.37. The number of sulfonamides is 1. The highest BCUT2D eigenvalue weighted by Gasteiger charge is 2.13. The van der Waals surface area contributed by atoms with E-state index >= 15 is 0 Å². The first-order valence-electron chi connectivity index (χ1n) is 5.94. The molecule has 0 unspecified atom stereocenters. The molecule has 0 saturated heterocycles. The molecule has 20 heavy (non-hydrogen) atoms. The number of anilines is 1. The van der Waals surface area contributed by atoms with E-state index in [4.69, 9.17) is 16.0 Å². The van der Waals surface area contributed by atoms with Gasteiger partial charge >= 0.3 is 0 Å². The fourth-order valence-corrected chi connectivity index (χ4v) is 2.62. The monoisotopic (exact) mass is 314 g/mol. The van der Waals surface area contributed by atoms with Crippen molar-refractivity contribution < 1.29 is 12.8 Å². The minimum Gasteiger partial charge on any atom is -0.448 e. The van der Waals surface area contributed by atoms with Crippen LogP contribution >= 0.6 is 11.6 Å². The number of aryl methyl sites for hydroxylation is 1. The molecule has 0 saturated carbocycles. The predicted octanol–water partition coefficient (Wildman–Crippen LogP) is 2.76. The van der Waals surface area contributed by atoms with Crippen molar-refractivity contribution in [1.82, 2.24) is 4.72 Å². The lowest BCUT2D eigenvalue weighted by Gasteiger charge is -2.10. The number of rotatable bonds is 5. The molecule has 0 bridgehead atoms. The van der Waals surface area contributed by atoms with Crippen molar-refractivity contribution >= 4 is 27.3 Å². The van der Waals surface area contributed by atoms with Gasteiger partial charge in [0, 0.05) is 5.69 Å². The van der Waals surface area contributed by atoms with E-state index in [2.05, 4.69) is 10.0 Å². The molecule has 7 heteroatoms. The number of furan rings is 1. The largest absolute Gasteiger partial charge is 0.448 e. The SMILES string of the molecule is CNS(=O)(=O)c1ccc(C)c(NCc2ccc(Cl)o2)c1. The zero-order valence-corrected chi connectivity index (χ0v) is 12.7. The summed E-state index contributed by atoms with van der Waals surface area (Å²) >= 11 is 5.70. The fraction of sp³-hybridized carbons (Fsp3) is 0.231. The molecule has 0 aliphatic rings. The number of hydrogen-bond acceptors (Lipinski definition) is 4. The molecule has 0 fully saturated rings. The van der Waals surface area contributed by atoms with Gasteiger partial charge in [0.05, 0.1) is 11.4 Å². The molecular weight excluding hydrogens is 300 g/mol. The lowest BCUT2D eigenvalue weighted by molar-refractivity contribution is 0.520. The van der Waals surface area contributed by atoms with Crippen molar-refractivity contribution in [1.29, 1.82) is 0 Å². The molecule has 0 amide bonds. The zero-order chi connectivity index (χ0) is 14.8. The number of hydrogen-bond donors (Lipinski definition) is 2. The van der Waals surface area contributed by atoms with Crippen molar-refractivity contribution in [2.24, 2.45) is 0 Å². The summed E-state index contributed by atoms with van der Waals surface area (Å²) in [5, 5.41) is 3.46. The van der Waals surface area contributed by atoms with Crippen LogP contribution < -0.4 is 10.0 Å². The Balaban J connectivity index is 2.21. The first-order valence-corrected chi connectivity index (χ1v) is 7.81. The normalized spacial score (nSPS) is 11.6. The van der Waals surface area contributed by atoms with E-state index in [0.29, 0.717) is 17.5 Å². The van der Waals surface area contributed by atoms with Crippen LogP contribution in [0.25, 0.3) is 0 Å². The lowest BCUT2D eigenvalue weighted by atomic mass is 10.2. The zero-order valence-electron chi connectivity index (χ0n) is 11.1. The van der Waals surface area contributed by atoms with Crippen LogP contribution in [0.4, 0.5) is 5.69 Å². The third kappa shape index (κ3) is 3.33. The highest BCUT2D eigenvalue weighted by Crippen LogP contribution is 2.21. The molecule has 0 atom stereocenters. The summed E-state index contributed by atoms with van der Waals surface area (Å²) in [6.45, 7) is 2.32. The Morgan fingerprint density at radius 1 is 1.25 bits per heavy atom. The molecule has 1 aromatic heterocycles. The average molecular weight is 315 g/mol. The van der Waals surface area contributed by atoms with Crippen molar-refractivity contribution in [3.05, 3.63) is 46.9 Å². The van der Waals surface area contributed by atoms with Gasteiger partial charge < -0.3 is 9.73 Å². The van der Waals surface area contributed by atoms with Crippen molar-refractivity contribution in [2.45, 2.75) is 18.4 Å². The van der Waals surface area contributed by atoms with Crippen LogP contribution in [0, 0.1) is 6.92 Å². The van der Waals surface area contributed by atoms with Crippen LogP contribution in [0.15, 0.2) is 39.6 Å². The molecule has 2 rings (SSSR count). The summed E-state index contributed by atoms with van der Waals surface area (Å²) in [4.78, 5) is 0.213. The molecule has 2 aromatic rings. The second kappa shape index (κ2) is 5.87. The quantitative estimate of drug-likeness (QED) is 0.890. The Hall–Kier alpha value is -1.50. The molecule has 0 radical (unpaired) electrons. The Morgan fingerprint density at radius 2 is 2.00 bits per heavy atom. The Bertz CT molecular complexity index is 710. The van der Waals surface area contributed by atoms with Gasteiger partial charge in [-0.15, -0.1) is 0 Å². The van der Waals surface area contributed by atoms with Gasteiger partial charge in [0.2, 0.25) is 10.0 Å². The molecule has 0 aliphatic heterocycles. The number of nitrogens with one attached hydrogen (secondary N) is 2. The molecule has 5 nitrogen and oxygen atoms in total. The van der Waals surface area contributed by atoms with E-state index in [1.54, 1.807) is 30.3 Å². The second-order valence-corrected chi connectivity index (χ2v) is 6.50. The van der Waals surface area contributed by atoms with Crippen LogP contribution in [0.5, 0.6) is 0 Å². The van der Waals surface area contributed by atoms with Crippen LogP contribution in [0.2, 0.25) is 5.22 Å². The molecule has 0 aliphatic carbocycles. The molecule has 1 heterocycles. The number of halogens is 1. The van der Waals surface area contributed by atoms with Gasteiger partial charge in [0.1, 0.15) is 5.76 Å². The van der Waals surface area contributed by atoms with Gasteiger partial charge in [-0.1, -0.05) is 6.07 Å². The van der Waals surface area contributed by atoms with E-state index in [9.17, 15) is 8.42 Å². The average Bonchev–Trinajstić information content (AvgIpc) is 2.83. The first-order chi connectivity index (χ1) is 9.42. The maximum Gasteiger partial charge on any atom is 0.240 e. The first kappa shape index (κ1) is 14.9. The number of benzene rings is 1. The van der Waals surface area contributed by atoms with Gasteiger partial charge in [-0.2, -0.15) is 0 Å². The highest BCUT2D eigenvalue weighted by molar-refractivity contribution is 7.89. The summed E-state index contributed by atoms with van der Waals surface area (Å²) in [7, 11) is -2.07. The van der Waals surface area contributed by atoms with Gasteiger partial charge in [0.15, 0.2) is 5.22 Å². The summed E-state index contributed by atoms with van der Waals surface area (Å²) in [6.07, 6.45) is 0. The molecule has 1 aromatic carbocycles. The summed E-state index contributed by atoms with van der Waals surface area (Å²) in [5.74, 6) is 0.677. The minimum atomic E-state index is -3.45. The third-order valence-electron chi connectivity index (χ3n) is 2.87. The van der Waals surface area contributed by atoms with Crippen molar-refractivity contribution in [3.63, 3.8) is 0 Å². The smallest absolute Gasteiger partial charge is 0.240 e.